The van der Waals surface area contributed by atoms with Gasteiger partial charge in [-0.05, 0) is 39.7 Å². The van der Waals surface area contributed by atoms with Gasteiger partial charge >= 0.3 is 0 Å². The Morgan fingerprint density at radius 2 is 1.87 bits per heavy atom. The average molecular weight is 236 g/mol. The van der Waals surface area contributed by atoms with Crippen molar-refractivity contribution in [3.8, 4) is 0 Å². The van der Waals surface area contributed by atoms with E-state index in [0.717, 1.165) is 19.3 Å². The van der Waals surface area contributed by atoms with Crippen LogP contribution in [0.3, 0.4) is 0 Å². The molecular formula is C10H24N2O2S. The van der Waals surface area contributed by atoms with Gasteiger partial charge in [0, 0.05) is 5.54 Å². The topological polar surface area (TPSA) is 72.2 Å². The number of sulfonamides is 1. The van der Waals surface area contributed by atoms with Crippen LogP contribution in [0.5, 0.6) is 0 Å². The molecule has 0 aromatic rings. The van der Waals surface area contributed by atoms with E-state index < -0.39 is 10.0 Å². The van der Waals surface area contributed by atoms with Gasteiger partial charge in [0.2, 0.25) is 10.0 Å². The lowest BCUT2D eigenvalue weighted by atomic mass is 10.0. The third-order valence-corrected chi connectivity index (χ3v) is 3.86. The van der Waals surface area contributed by atoms with Crippen LogP contribution in [0.15, 0.2) is 0 Å². The molecule has 0 fully saturated rings. The number of nitrogens with two attached hydrogens (primary N) is 1. The van der Waals surface area contributed by atoms with Gasteiger partial charge in [-0.15, -0.1) is 0 Å². The van der Waals surface area contributed by atoms with Crippen molar-refractivity contribution in [2.75, 3.05) is 12.3 Å². The molecule has 0 aromatic heterocycles. The Bertz CT molecular complexity index is 261. The van der Waals surface area contributed by atoms with Crippen LogP contribution in [-0.2, 0) is 10.0 Å². The van der Waals surface area contributed by atoms with Crippen LogP contribution in [0.2, 0.25) is 0 Å². The maximum Gasteiger partial charge on any atom is 0.212 e. The molecule has 0 saturated carbocycles. The first kappa shape index (κ1) is 14.9. The second-order valence-corrected chi connectivity index (χ2v) is 6.39. The second kappa shape index (κ2) is 6.45. The van der Waals surface area contributed by atoms with Gasteiger partial charge in [0.25, 0.3) is 0 Å². The zero-order valence-corrected chi connectivity index (χ0v) is 10.9. The summed E-state index contributed by atoms with van der Waals surface area (Å²) in [4.78, 5) is 0. The summed E-state index contributed by atoms with van der Waals surface area (Å²) in [5.74, 6) is 0.178. The number of nitrogens with one attached hydrogen (secondary N) is 1. The summed E-state index contributed by atoms with van der Waals surface area (Å²) in [5.41, 5.74) is 4.98. The number of rotatable bonds is 8. The second-order valence-electron chi connectivity index (χ2n) is 4.55. The lowest BCUT2D eigenvalue weighted by Crippen LogP contribution is -2.44. The molecule has 5 heteroatoms. The Balaban J connectivity index is 4.13. The van der Waals surface area contributed by atoms with Crippen LogP contribution in [0.4, 0.5) is 0 Å². The van der Waals surface area contributed by atoms with E-state index in [1.807, 2.05) is 20.8 Å². The van der Waals surface area contributed by atoms with E-state index in [1.165, 1.54) is 0 Å². The number of hydrogen-bond donors (Lipinski definition) is 2. The zero-order valence-electron chi connectivity index (χ0n) is 10.0. The van der Waals surface area contributed by atoms with E-state index in [4.69, 9.17) is 5.73 Å². The van der Waals surface area contributed by atoms with Crippen LogP contribution >= 0.6 is 0 Å². The van der Waals surface area contributed by atoms with Crippen molar-refractivity contribution >= 4 is 10.0 Å². The Morgan fingerprint density at radius 1 is 1.27 bits per heavy atom. The van der Waals surface area contributed by atoms with E-state index >= 15 is 0 Å². The largest absolute Gasteiger partial charge is 0.330 e. The zero-order chi connectivity index (χ0) is 11.9. The molecule has 0 amide bonds. The summed E-state index contributed by atoms with van der Waals surface area (Å²) in [7, 11) is -3.14. The minimum Gasteiger partial charge on any atom is -0.330 e. The molecule has 3 N–H and O–H groups in total. The normalized spacial score (nSPS) is 13.1. The summed E-state index contributed by atoms with van der Waals surface area (Å²) in [5, 5.41) is 0. The molecule has 15 heavy (non-hydrogen) atoms. The van der Waals surface area contributed by atoms with Crippen molar-refractivity contribution in [3.05, 3.63) is 0 Å². The molecule has 0 heterocycles. The van der Waals surface area contributed by atoms with Gasteiger partial charge in [0.15, 0.2) is 0 Å². The van der Waals surface area contributed by atoms with Gasteiger partial charge in [-0.25, -0.2) is 13.1 Å². The third-order valence-electron chi connectivity index (χ3n) is 2.17. The van der Waals surface area contributed by atoms with Gasteiger partial charge in [-0.2, -0.15) is 0 Å². The van der Waals surface area contributed by atoms with Crippen molar-refractivity contribution in [2.45, 2.75) is 52.0 Å². The van der Waals surface area contributed by atoms with Crippen LogP contribution in [0, 0.1) is 0 Å². The number of hydrogen-bond acceptors (Lipinski definition) is 3. The van der Waals surface area contributed by atoms with Gasteiger partial charge in [-0.3, -0.25) is 0 Å². The van der Waals surface area contributed by atoms with Crippen molar-refractivity contribution in [1.29, 1.82) is 0 Å². The van der Waals surface area contributed by atoms with Crippen LogP contribution in [0.25, 0.3) is 0 Å². The highest BCUT2D eigenvalue weighted by molar-refractivity contribution is 7.89. The predicted octanol–water partition coefficient (Wildman–Crippen LogP) is 1.22. The van der Waals surface area contributed by atoms with Gasteiger partial charge < -0.3 is 5.73 Å². The highest BCUT2D eigenvalue weighted by atomic mass is 32.2. The molecular weight excluding hydrogens is 212 g/mol. The van der Waals surface area contributed by atoms with Gasteiger partial charge in [-0.1, -0.05) is 13.3 Å². The summed E-state index contributed by atoms with van der Waals surface area (Å²) in [6.45, 7) is 6.42. The fourth-order valence-electron chi connectivity index (χ4n) is 1.58. The third kappa shape index (κ3) is 7.76. The monoisotopic (exact) mass is 236 g/mol. The Labute approximate surface area is 93.7 Å². The van der Waals surface area contributed by atoms with Crippen LogP contribution in [-0.4, -0.2) is 26.3 Å². The summed E-state index contributed by atoms with van der Waals surface area (Å²) < 4.78 is 26.0. The lowest BCUT2D eigenvalue weighted by Gasteiger charge is -2.25. The molecule has 0 spiro atoms. The molecule has 4 nitrogen and oxygen atoms in total. The first-order valence-corrected chi connectivity index (χ1v) is 7.20. The molecule has 0 aliphatic rings. The standard InChI is InChI=1S/C10H24N2O2S/c1-4-7-10(2,3)12-15(13,14)9-6-5-8-11/h12H,4-9,11H2,1-3H3. The van der Waals surface area contributed by atoms with Gasteiger partial charge in [0.05, 0.1) is 5.75 Å². The fraction of sp³-hybridized carbons (Fsp3) is 1.00. The predicted molar refractivity (Wildman–Crippen MR) is 64.2 cm³/mol. The minimum atomic E-state index is -3.14. The molecule has 0 bridgehead atoms. The minimum absolute atomic E-state index is 0.178. The summed E-state index contributed by atoms with van der Waals surface area (Å²) >= 11 is 0. The van der Waals surface area contributed by atoms with E-state index in [1.54, 1.807) is 0 Å². The van der Waals surface area contributed by atoms with Crippen molar-refractivity contribution in [2.24, 2.45) is 5.73 Å². The molecule has 0 aliphatic carbocycles. The fourth-order valence-corrected chi connectivity index (χ4v) is 3.21. The van der Waals surface area contributed by atoms with Crippen LogP contribution < -0.4 is 10.5 Å². The molecule has 0 rings (SSSR count). The molecule has 0 radical (unpaired) electrons. The van der Waals surface area contributed by atoms with E-state index in [0.29, 0.717) is 13.0 Å². The Morgan fingerprint density at radius 3 is 2.33 bits per heavy atom. The van der Waals surface area contributed by atoms with E-state index in [2.05, 4.69) is 4.72 Å². The first-order chi connectivity index (χ1) is 6.83. The Hall–Kier alpha value is -0.130. The Kier molecular flexibility index (Phi) is 6.40. The summed E-state index contributed by atoms with van der Waals surface area (Å²) in [6, 6.07) is 0. The molecule has 0 saturated heterocycles. The molecule has 92 valence electrons. The molecule has 0 aliphatic heterocycles. The quantitative estimate of drug-likeness (QED) is 0.622. The first-order valence-electron chi connectivity index (χ1n) is 5.55. The summed E-state index contributed by atoms with van der Waals surface area (Å²) in [6.07, 6.45) is 3.21. The van der Waals surface area contributed by atoms with Crippen molar-refractivity contribution in [1.82, 2.24) is 4.72 Å². The van der Waals surface area contributed by atoms with Crippen LogP contribution in [0.1, 0.15) is 46.5 Å². The molecule has 0 atom stereocenters. The maximum absolute atomic E-state index is 11.6. The maximum atomic E-state index is 11.6. The average Bonchev–Trinajstić information content (AvgIpc) is 2.01. The smallest absolute Gasteiger partial charge is 0.212 e. The van der Waals surface area contributed by atoms with E-state index in [9.17, 15) is 8.42 Å². The highest BCUT2D eigenvalue weighted by Crippen LogP contribution is 2.12. The molecule has 0 aromatic carbocycles. The molecule has 0 unspecified atom stereocenters. The van der Waals surface area contributed by atoms with Gasteiger partial charge in [0.1, 0.15) is 0 Å². The lowest BCUT2D eigenvalue weighted by molar-refractivity contribution is 0.417. The van der Waals surface area contributed by atoms with Crippen molar-refractivity contribution < 1.29 is 8.42 Å². The SMILES string of the molecule is CCCC(C)(C)NS(=O)(=O)CCCCN. The highest BCUT2D eigenvalue weighted by Gasteiger charge is 2.23. The van der Waals surface area contributed by atoms with E-state index in [-0.39, 0.29) is 11.3 Å². The van der Waals surface area contributed by atoms with Crippen molar-refractivity contribution in [3.63, 3.8) is 0 Å². The number of unbranched alkanes of at least 4 members (excludes halogenated alkanes) is 1.